The lowest BCUT2D eigenvalue weighted by Gasteiger charge is -2.41. The standard InChI is InChI=1S/C27H26F2N2O3/c28-23-12-11-21(17-24(23)29)19-30-26(33)34-27(22-9-5-2-6-10-22)13-15-31(16-14-27)25(32)18-20-7-3-1-4-8-20/h1-12,17H,13-16,18-19H2,(H,30,33). The van der Waals surface area contributed by atoms with Crippen molar-refractivity contribution in [2.45, 2.75) is 31.4 Å². The van der Waals surface area contributed by atoms with Crippen molar-refractivity contribution in [2.24, 2.45) is 0 Å². The molecule has 176 valence electrons. The number of halogens is 2. The number of benzene rings is 3. The number of rotatable bonds is 6. The van der Waals surface area contributed by atoms with Crippen LogP contribution < -0.4 is 5.32 Å². The number of amides is 2. The maximum Gasteiger partial charge on any atom is 0.408 e. The number of likely N-dealkylation sites (tertiary alicyclic amines) is 1. The second-order valence-electron chi connectivity index (χ2n) is 8.40. The van der Waals surface area contributed by atoms with E-state index in [0.29, 0.717) is 37.9 Å². The van der Waals surface area contributed by atoms with Crippen molar-refractivity contribution in [3.05, 3.63) is 107 Å². The topological polar surface area (TPSA) is 58.6 Å². The van der Waals surface area contributed by atoms with Crippen LogP contribution in [0.2, 0.25) is 0 Å². The molecule has 5 nitrogen and oxygen atoms in total. The molecule has 0 spiro atoms. The third-order valence-electron chi connectivity index (χ3n) is 6.13. The largest absolute Gasteiger partial charge is 0.438 e. The van der Waals surface area contributed by atoms with Crippen molar-refractivity contribution in [3.63, 3.8) is 0 Å². The second kappa shape index (κ2) is 10.5. The van der Waals surface area contributed by atoms with E-state index in [1.54, 1.807) is 4.90 Å². The first-order chi connectivity index (χ1) is 16.4. The van der Waals surface area contributed by atoms with Crippen LogP contribution in [-0.2, 0) is 28.1 Å². The third kappa shape index (κ3) is 5.60. The normalized spacial score (nSPS) is 14.9. The maximum atomic E-state index is 13.4. The van der Waals surface area contributed by atoms with Crippen LogP contribution in [0.25, 0.3) is 0 Å². The van der Waals surface area contributed by atoms with Crippen molar-refractivity contribution in [1.82, 2.24) is 10.2 Å². The Hall–Kier alpha value is -3.74. The Kier molecular flexibility index (Phi) is 7.21. The Balaban J connectivity index is 1.41. The summed E-state index contributed by atoms with van der Waals surface area (Å²) < 4.78 is 32.5. The fraction of sp³-hybridized carbons (Fsp3) is 0.259. The number of ether oxygens (including phenoxy) is 1. The van der Waals surface area contributed by atoms with Gasteiger partial charge in [0.15, 0.2) is 11.6 Å². The highest BCUT2D eigenvalue weighted by molar-refractivity contribution is 5.79. The van der Waals surface area contributed by atoms with Crippen molar-refractivity contribution in [1.29, 1.82) is 0 Å². The van der Waals surface area contributed by atoms with E-state index in [4.69, 9.17) is 4.74 Å². The molecular weight excluding hydrogens is 438 g/mol. The van der Waals surface area contributed by atoms with Gasteiger partial charge in [-0.15, -0.1) is 0 Å². The highest BCUT2D eigenvalue weighted by atomic mass is 19.2. The molecule has 1 aliphatic rings. The number of nitrogens with one attached hydrogen (secondary N) is 1. The molecule has 0 atom stereocenters. The zero-order valence-electron chi connectivity index (χ0n) is 18.7. The summed E-state index contributed by atoms with van der Waals surface area (Å²) in [5, 5.41) is 2.62. The van der Waals surface area contributed by atoms with Crippen molar-refractivity contribution >= 4 is 12.0 Å². The first-order valence-electron chi connectivity index (χ1n) is 11.2. The minimum absolute atomic E-state index is 0.00257. The van der Waals surface area contributed by atoms with Crippen LogP contribution >= 0.6 is 0 Å². The molecule has 3 aromatic rings. The number of hydrogen-bond donors (Lipinski definition) is 1. The zero-order chi connectivity index (χ0) is 24.0. The van der Waals surface area contributed by atoms with Gasteiger partial charge in [-0.3, -0.25) is 4.79 Å². The van der Waals surface area contributed by atoms with Gasteiger partial charge in [-0.2, -0.15) is 0 Å². The molecule has 0 radical (unpaired) electrons. The van der Waals surface area contributed by atoms with Crippen LogP contribution in [0.15, 0.2) is 78.9 Å². The molecule has 7 heteroatoms. The Labute approximate surface area is 197 Å². The maximum absolute atomic E-state index is 13.4. The summed E-state index contributed by atoms with van der Waals surface area (Å²) in [6.45, 7) is 0.913. The molecule has 2 amide bonds. The SMILES string of the molecule is O=C(NCc1ccc(F)c(F)c1)OC1(c2ccccc2)CCN(C(=O)Cc2ccccc2)CC1. The van der Waals surface area contributed by atoms with Crippen LogP contribution in [0.4, 0.5) is 13.6 Å². The van der Waals surface area contributed by atoms with Gasteiger partial charge in [0.2, 0.25) is 5.91 Å². The van der Waals surface area contributed by atoms with Crippen LogP contribution in [0.5, 0.6) is 0 Å². The van der Waals surface area contributed by atoms with E-state index in [0.717, 1.165) is 23.3 Å². The lowest BCUT2D eigenvalue weighted by atomic mass is 9.84. The van der Waals surface area contributed by atoms with Gasteiger partial charge in [0.1, 0.15) is 5.60 Å². The number of piperidine rings is 1. The number of carbonyl (C=O) groups is 2. The summed E-state index contributed by atoms with van der Waals surface area (Å²) in [5.74, 6) is -1.88. The van der Waals surface area contributed by atoms with E-state index in [1.807, 2.05) is 60.7 Å². The van der Waals surface area contributed by atoms with E-state index in [9.17, 15) is 18.4 Å². The number of carbonyl (C=O) groups excluding carboxylic acids is 2. The average Bonchev–Trinajstić information content (AvgIpc) is 2.86. The van der Waals surface area contributed by atoms with Gasteiger partial charge >= 0.3 is 6.09 Å². The van der Waals surface area contributed by atoms with Gasteiger partial charge in [0, 0.05) is 32.5 Å². The Morgan fingerprint density at radius 1 is 0.853 bits per heavy atom. The minimum Gasteiger partial charge on any atom is -0.438 e. The van der Waals surface area contributed by atoms with Gasteiger partial charge in [-0.1, -0.05) is 66.7 Å². The van der Waals surface area contributed by atoms with E-state index in [2.05, 4.69) is 5.32 Å². The minimum atomic E-state index is -0.971. The molecule has 1 saturated heterocycles. The lowest BCUT2D eigenvalue weighted by Crippen LogP contribution is -2.48. The molecule has 0 aromatic heterocycles. The molecule has 1 fully saturated rings. The molecule has 1 aliphatic heterocycles. The average molecular weight is 465 g/mol. The first-order valence-corrected chi connectivity index (χ1v) is 11.2. The summed E-state index contributed by atoms with van der Waals surface area (Å²) in [5.41, 5.74) is 1.35. The highest BCUT2D eigenvalue weighted by Crippen LogP contribution is 2.37. The molecular formula is C27H26F2N2O3. The summed E-state index contributed by atoms with van der Waals surface area (Å²) in [6, 6.07) is 22.5. The zero-order valence-corrected chi connectivity index (χ0v) is 18.7. The Morgan fingerprint density at radius 3 is 2.15 bits per heavy atom. The Bertz CT molecular complexity index is 1130. The summed E-state index contributed by atoms with van der Waals surface area (Å²) in [4.78, 5) is 27.3. The molecule has 4 rings (SSSR count). The number of nitrogens with zero attached hydrogens (tertiary/aromatic N) is 1. The van der Waals surface area contributed by atoms with Gasteiger partial charge < -0.3 is 15.0 Å². The fourth-order valence-electron chi connectivity index (χ4n) is 4.23. The van der Waals surface area contributed by atoms with E-state index in [-0.39, 0.29) is 12.5 Å². The van der Waals surface area contributed by atoms with Gasteiger partial charge in [0.25, 0.3) is 0 Å². The molecule has 34 heavy (non-hydrogen) atoms. The molecule has 1 N–H and O–H groups in total. The molecule has 0 bridgehead atoms. The van der Waals surface area contributed by atoms with Crippen LogP contribution in [0.1, 0.15) is 29.5 Å². The lowest BCUT2D eigenvalue weighted by molar-refractivity contribution is -0.135. The van der Waals surface area contributed by atoms with E-state index >= 15 is 0 Å². The van der Waals surface area contributed by atoms with Crippen LogP contribution in [0.3, 0.4) is 0 Å². The third-order valence-corrected chi connectivity index (χ3v) is 6.13. The van der Waals surface area contributed by atoms with E-state index < -0.39 is 23.3 Å². The van der Waals surface area contributed by atoms with Crippen LogP contribution in [0, 0.1) is 11.6 Å². The molecule has 1 heterocycles. The Morgan fingerprint density at radius 2 is 1.50 bits per heavy atom. The monoisotopic (exact) mass is 464 g/mol. The summed E-state index contributed by atoms with van der Waals surface area (Å²) in [6.07, 6.45) is 0.582. The summed E-state index contributed by atoms with van der Waals surface area (Å²) >= 11 is 0. The van der Waals surface area contributed by atoms with Crippen LogP contribution in [-0.4, -0.2) is 30.0 Å². The van der Waals surface area contributed by atoms with Gasteiger partial charge in [-0.05, 0) is 28.8 Å². The quantitative estimate of drug-likeness (QED) is 0.562. The predicted molar refractivity (Wildman–Crippen MR) is 124 cm³/mol. The van der Waals surface area contributed by atoms with Crippen molar-refractivity contribution in [2.75, 3.05) is 13.1 Å². The number of hydrogen-bond acceptors (Lipinski definition) is 3. The summed E-state index contributed by atoms with van der Waals surface area (Å²) in [7, 11) is 0. The highest BCUT2D eigenvalue weighted by Gasteiger charge is 2.41. The van der Waals surface area contributed by atoms with Crippen molar-refractivity contribution in [3.8, 4) is 0 Å². The van der Waals surface area contributed by atoms with Gasteiger partial charge in [-0.25, -0.2) is 13.6 Å². The second-order valence-corrected chi connectivity index (χ2v) is 8.40. The smallest absolute Gasteiger partial charge is 0.408 e. The molecule has 0 saturated carbocycles. The molecule has 0 aliphatic carbocycles. The van der Waals surface area contributed by atoms with Gasteiger partial charge in [0.05, 0.1) is 6.42 Å². The van der Waals surface area contributed by atoms with E-state index in [1.165, 1.54) is 6.07 Å². The predicted octanol–water partition coefficient (Wildman–Crippen LogP) is 4.95. The molecule has 0 unspecified atom stereocenters. The fourth-order valence-corrected chi connectivity index (χ4v) is 4.23. The molecule has 3 aromatic carbocycles. The van der Waals surface area contributed by atoms with Crippen molar-refractivity contribution < 1.29 is 23.1 Å². The number of alkyl carbamates (subject to hydrolysis) is 1. The first kappa shape index (κ1) is 23.4.